The number of hydrogen-bond acceptors (Lipinski definition) is 2. The topological polar surface area (TPSA) is 39.8 Å². The van der Waals surface area contributed by atoms with E-state index in [1.165, 1.54) is 40.7 Å². The summed E-state index contributed by atoms with van der Waals surface area (Å²) in [6.07, 6.45) is 3.49. The summed E-state index contributed by atoms with van der Waals surface area (Å²) in [5.41, 5.74) is 4.95. The highest BCUT2D eigenvalue weighted by molar-refractivity contribution is 9.10. The molecule has 0 radical (unpaired) electrons. The number of aromatic amines is 1. The monoisotopic (exact) mass is 401 g/mol. The highest BCUT2D eigenvalue weighted by Crippen LogP contribution is 2.35. The van der Waals surface area contributed by atoms with Gasteiger partial charge in [0, 0.05) is 45.9 Å². The standard InChI is InChI=1S/C20H21BrFN3/c21-13-4-9-18-17(12-13)16-2-1-3-19(20(16)25-18)24-11-10-23-15-7-5-14(22)6-8-15/h4-9,12,19,23-25H,1-3,10-11H2. The summed E-state index contributed by atoms with van der Waals surface area (Å²) in [7, 11) is 0. The minimum absolute atomic E-state index is 0.205. The van der Waals surface area contributed by atoms with Crippen molar-refractivity contribution in [3.63, 3.8) is 0 Å². The fraction of sp³-hybridized carbons (Fsp3) is 0.300. The third-order valence-electron chi connectivity index (χ3n) is 4.86. The summed E-state index contributed by atoms with van der Waals surface area (Å²) in [6.45, 7) is 1.67. The lowest BCUT2D eigenvalue weighted by Crippen LogP contribution is -2.29. The van der Waals surface area contributed by atoms with Gasteiger partial charge in [0.2, 0.25) is 0 Å². The maximum absolute atomic E-state index is 12.9. The first kappa shape index (κ1) is 16.6. The Labute approximate surface area is 155 Å². The number of aromatic nitrogens is 1. The third-order valence-corrected chi connectivity index (χ3v) is 5.35. The minimum Gasteiger partial charge on any atom is -0.384 e. The van der Waals surface area contributed by atoms with Crippen LogP contribution in [-0.2, 0) is 6.42 Å². The highest BCUT2D eigenvalue weighted by Gasteiger charge is 2.23. The molecule has 130 valence electrons. The second-order valence-electron chi connectivity index (χ2n) is 6.54. The molecule has 0 amide bonds. The van der Waals surface area contributed by atoms with E-state index in [-0.39, 0.29) is 5.82 Å². The molecular formula is C20H21BrFN3. The van der Waals surface area contributed by atoms with Crippen LogP contribution in [-0.4, -0.2) is 18.1 Å². The second-order valence-corrected chi connectivity index (χ2v) is 7.46. The normalized spacial score (nSPS) is 16.8. The average Bonchev–Trinajstić information content (AvgIpc) is 2.99. The number of nitrogens with one attached hydrogen (secondary N) is 3. The van der Waals surface area contributed by atoms with Crippen molar-refractivity contribution in [1.82, 2.24) is 10.3 Å². The molecular weight excluding hydrogens is 381 g/mol. The third kappa shape index (κ3) is 3.58. The summed E-state index contributed by atoms with van der Waals surface area (Å²) >= 11 is 3.58. The Morgan fingerprint density at radius 1 is 1.12 bits per heavy atom. The molecule has 0 saturated heterocycles. The minimum atomic E-state index is -0.205. The van der Waals surface area contributed by atoms with Crippen molar-refractivity contribution in [3.05, 3.63) is 64.0 Å². The lowest BCUT2D eigenvalue weighted by molar-refractivity contribution is 0.461. The Morgan fingerprint density at radius 3 is 2.80 bits per heavy atom. The molecule has 0 bridgehead atoms. The van der Waals surface area contributed by atoms with Gasteiger partial charge in [-0.2, -0.15) is 0 Å². The van der Waals surface area contributed by atoms with Gasteiger partial charge in [0.25, 0.3) is 0 Å². The summed E-state index contributed by atoms with van der Waals surface area (Å²) in [5.74, 6) is -0.205. The van der Waals surface area contributed by atoms with Gasteiger partial charge in [-0.25, -0.2) is 4.39 Å². The van der Waals surface area contributed by atoms with Crippen LogP contribution in [0.4, 0.5) is 10.1 Å². The molecule has 1 atom stereocenters. The number of anilines is 1. The van der Waals surface area contributed by atoms with E-state index in [0.29, 0.717) is 6.04 Å². The molecule has 0 aliphatic heterocycles. The number of benzene rings is 2. The highest BCUT2D eigenvalue weighted by atomic mass is 79.9. The number of H-pyrrole nitrogens is 1. The van der Waals surface area contributed by atoms with Crippen molar-refractivity contribution in [2.45, 2.75) is 25.3 Å². The lowest BCUT2D eigenvalue weighted by atomic mass is 9.92. The zero-order chi connectivity index (χ0) is 17.2. The number of halogens is 2. The van der Waals surface area contributed by atoms with Crippen molar-refractivity contribution in [3.8, 4) is 0 Å². The molecule has 4 rings (SSSR count). The molecule has 1 unspecified atom stereocenters. The summed E-state index contributed by atoms with van der Waals surface area (Å²) in [5, 5.41) is 8.31. The summed E-state index contributed by atoms with van der Waals surface area (Å²) < 4.78 is 14.1. The van der Waals surface area contributed by atoms with Crippen LogP contribution in [0.25, 0.3) is 10.9 Å². The maximum atomic E-state index is 12.9. The molecule has 0 fully saturated rings. The molecule has 1 aliphatic rings. The molecule has 25 heavy (non-hydrogen) atoms. The number of hydrogen-bond donors (Lipinski definition) is 3. The van der Waals surface area contributed by atoms with E-state index < -0.39 is 0 Å². The predicted molar refractivity (Wildman–Crippen MR) is 105 cm³/mol. The van der Waals surface area contributed by atoms with Crippen LogP contribution < -0.4 is 10.6 Å². The number of fused-ring (bicyclic) bond motifs is 3. The van der Waals surface area contributed by atoms with E-state index in [4.69, 9.17) is 0 Å². The fourth-order valence-electron chi connectivity index (χ4n) is 3.66. The van der Waals surface area contributed by atoms with Gasteiger partial charge in [0.05, 0.1) is 0 Å². The molecule has 2 aromatic carbocycles. The van der Waals surface area contributed by atoms with Gasteiger partial charge in [-0.05, 0) is 67.3 Å². The fourth-order valence-corrected chi connectivity index (χ4v) is 4.02. The molecule has 1 heterocycles. The van der Waals surface area contributed by atoms with Crippen LogP contribution in [0.15, 0.2) is 46.9 Å². The van der Waals surface area contributed by atoms with E-state index in [0.717, 1.165) is 36.1 Å². The number of aryl methyl sites for hydroxylation is 1. The lowest BCUT2D eigenvalue weighted by Gasteiger charge is -2.24. The van der Waals surface area contributed by atoms with Crippen molar-refractivity contribution in [2.75, 3.05) is 18.4 Å². The first-order valence-corrected chi connectivity index (χ1v) is 9.53. The van der Waals surface area contributed by atoms with Gasteiger partial charge < -0.3 is 15.6 Å². The molecule has 1 aromatic heterocycles. The van der Waals surface area contributed by atoms with Gasteiger partial charge >= 0.3 is 0 Å². The molecule has 3 N–H and O–H groups in total. The molecule has 3 nitrogen and oxygen atoms in total. The smallest absolute Gasteiger partial charge is 0.123 e. The van der Waals surface area contributed by atoms with E-state index in [2.05, 4.69) is 49.7 Å². The summed E-state index contributed by atoms with van der Waals surface area (Å²) in [6, 6.07) is 13.3. The van der Waals surface area contributed by atoms with Crippen LogP contribution in [0.3, 0.4) is 0 Å². The Morgan fingerprint density at radius 2 is 1.96 bits per heavy atom. The first-order chi connectivity index (χ1) is 12.2. The van der Waals surface area contributed by atoms with E-state index in [1.807, 2.05) is 0 Å². The van der Waals surface area contributed by atoms with Crippen molar-refractivity contribution in [1.29, 1.82) is 0 Å². The van der Waals surface area contributed by atoms with Crippen LogP contribution in [0.1, 0.15) is 30.1 Å². The van der Waals surface area contributed by atoms with Crippen LogP contribution in [0.5, 0.6) is 0 Å². The Hall–Kier alpha value is -1.85. The maximum Gasteiger partial charge on any atom is 0.123 e. The SMILES string of the molecule is Fc1ccc(NCCNC2CCCc3c2[nH]c2ccc(Br)cc32)cc1. The van der Waals surface area contributed by atoms with Crippen molar-refractivity contribution >= 4 is 32.5 Å². The Bertz CT molecular complexity index is 873. The largest absolute Gasteiger partial charge is 0.384 e. The van der Waals surface area contributed by atoms with Crippen molar-refractivity contribution in [2.24, 2.45) is 0 Å². The zero-order valence-electron chi connectivity index (χ0n) is 13.9. The predicted octanol–water partition coefficient (Wildman–Crippen LogP) is 5.15. The average molecular weight is 402 g/mol. The van der Waals surface area contributed by atoms with Crippen LogP contribution in [0.2, 0.25) is 0 Å². The molecule has 5 heteroatoms. The van der Waals surface area contributed by atoms with E-state index >= 15 is 0 Å². The van der Waals surface area contributed by atoms with Gasteiger partial charge in [0.1, 0.15) is 5.82 Å². The van der Waals surface area contributed by atoms with Crippen LogP contribution in [0, 0.1) is 5.82 Å². The first-order valence-electron chi connectivity index (χ1n) is 8.73. The molecule has 0 saturated carbocycles. The van der Waals surface area contributed by atoms with Gasteiger partial charge in [-0.3, -0.25) is 0 Å². The molecule has 1 aliphatic carbocycles. The van der Waals surface area contributed by atoms with Crippen LogP contribution >= 0.6 is 15.9 Å². The van der Waals surface area contributed by atoms with Gasteiger partial charge in [-0.1, -0.05) is 15.9 Å². The Kier molecular flexibility index (Phi) is 4.77. The van der Waals surface area contributed by atoms with Crippen molar-refractivity contribution < 1.29 is 4.39 Å². The Balaban J connectivity index is 1.41. The summed E-state index contributed by atoms with van der Waals surface area (Å²) in [4.78, 5) is 3.61. The molecule has 3 aromatic rings. The van der Waals surface area contributed by atoms with Gasteiger partial charge in [0.15, 0.2) is 0 Å². The van der Waals surface area contributed by atoms with Gasteiger partial charge in [-0.15, -0.1) is 0 Å². The van der Waals surface area contributed by atoms with E-state index in [9.17, 15) is 4.39 Å². The second kappa shape index (κ2) is 7.18. The van der Waals surface area contributed by atoms with E-state index in [1.54, 1.807) is 12.1 Å². The number of rotatable bonds is 5. The zero-order valence-corrected chi connectivity index (χ0v) is 15.5. The quantitative estimate of drug-likeness (QED) is 0.517. The molecule has 0 spiro atoms.